The topological polar surface area (TPSA) is 42.0 Å². The zero-order chi connectivity index (χ0) is 9.68. The van der Waals surface area contributed by atoms with Gasteiger partial charge in [0, 0.05) is 34.7 Å². The highest BCUT2D eigenvalue weighted by molar-refractivity contribution is 7.84. The van der Waals surface area contributed by atoms with E-state index in [1.54, 1.807) is 17.6 Å². The minimum absolute atomic E-state index is 0.675. The maximum Gasteiger partial charge on any atom is 0.182 e. The van der Waals surface area contributed by atoms with Gasteiger partial charge >= 0.3 is 0 Å². The van der Waals surface area contributed by atoms with Crippen molar-refractivity contribution in [3.05, 3.63) is 11.1 Å². The van der Waals surface area contributed by atoms with Gasteiger partial charge in [0.25, 0.3) is 0 Å². The van der Waals surface area contributed by atoms with E-state index in [4.69, 9.17) is 0 Å². The fraction of sp³-hybridized carbons (Fsp3) is 0.625. The van der Waals surface area contributed by atoms with Crippen LogP contribution >= 0.6 is 11.3 Å². The van der Waals surface area contributed by atoms with Crippen LogP contribution in [0.4, 0.5) is 5.13 Å². The van der Waals surface area contributed by atoms with Crippen LogP contribution < -0.4 is 5.32 Å². The van der Waals surface area contributed by atoms with Crippen molar-refractivity contribution < 1.29 is 4.21 Å². The molecule has 0 aliphatic heterocycles. The molecule has 5 heteroatoms. The van der Waals surface area contributed by atoms with Crippen molar-refractivity contribution in [3.8, 4) is 0 Å². The number of anilines is 1. The second kappa shape index (κ2) is 5.34. The molecule has 0 amide bonds. The Morgan fingerprint density at radius 2 is 2.46 bits per heavy atom. The van der Waals surface area contributed by atoms with Crippen molar-refractivity contribution in [2.75, 3.05) is 23.9 Å². The molecule has 0 fully saturated rings. The summed E-state index contributed by atoms with van der Waals surface area (Å²) in [5, 5.41) is 6.17. The van der Waals surface area contributed by atoms with E-state index in [0.29, 0.717) is 0 Å². The van der Waals surface area contributed by atoms with Crippen molar-refractivity contribution in [1.82, 2.24) is 4.98 Å². The number of aryl methyl sites for hydroxylation is 1. The molecule has 1 heterocycles. The smallest absolute Gasteiger partial charge is 0.182 e. The lowest BCUT2D eigenvalue weighted by Crippen LogP contribution is -2.05. The molecule has 0 aliphatic rings. The van der Waals surface area contributed by atoms with E-state index in [1.165, 1.54) is 0 Å². The molecule has 13 heavy (non-hydrogen) atoms. The van der Waals surface area contributed by atoms with Crippen molar-refractivity contribution in [2.45, 2.75) is 13.3 Å². The quantitative estimate of drug-likeness (QED) is 0.764. The van der Waals surface area contributed by atoms with Gasteiger partial charge in [-0.15, -0.1) is 11.3 Å². The highest BCUT2D eigenvalue weighted by Crippen LogP contribution is 2.13. The fourth-order valence-electron chi connectivity index (χ4n) is 0.906. The normalized spacial score (nSPS) is 12.8. The Bertz CT molecular complexity index is 285. The summed E-state index contributed by atoms with van der Waals surface area (Å²) >= 11 is 1.61. The third-order valence-electron chi connectivity index (χ3n) is 1.50. The molecule has 1 atom stereocenters. The average molecular weight is 218 g/mol. The molecule has 1 N–H and O–H groups in total. The summed E-state index contributed by atoms with van der Waals surface area (Å²) in [6.07, 6.45) is 2.66. The summed E-state index contributed by atoms with van der Waals surface area (Å²) in [5.74, 6) is 0.761. The molecule has 0 saturated carbocycles. The molecular formula is C8H14N2OS2. The van der Waals surface area contributed by atoms with Gasteiger partial charge in [-0.05, 0) is 13.3 Å². The van der Waals surface area contributed by atoms with Crippen LogP contribution in [0.15, 0.2) is 5.38 Å². The maximum atomic E-state index is 10.7. The van der Waals surface area contributed by atoms with Gasteiger partial charge in [0.15, 0.2) is 5.13 Å². The van der Waals surface area contributed by atoms with Crippen molar-refractivity contribution >= 4 is 27.3 Å². The van der Waals surface area contributed by atoms with Crippen LogP contribution in [0.3, 0.4) is 0 Å². The Hall–Kier alpha value is -0.420. The molecule has 3 nitrogen and oxygen atoms in total. The zero-order valence-corrected chi connectivity index (χ0v) is 9.50. The van der Waals surface area contributed by atoms with Crippen LogP contribution in [-0.4, -0.2) is 27.7 Å². The second-order valence-corrected chi connectivity index (χ2v) is 5.26. The van der Waals surface area contributed by atoms with Crippen LogP contribution in [0, 0.1) is 6.92 Å². The van der Waals surface area contributed by atoms with Gasteiger partial charge in [-0.1, -0.05) is 0 Å². The molecular weight excluding hydrogens is 204 g/mol. The molecule has 1 aromatic rings. The highest BCUT2D eigenvalue weighted by atomic mass is 32.2. The lowest BCUT2D eigenvalue weighted by molar-refractivity contribution is 0.685. The molecule has 74 valence electrons. The Balaban J connectivity index is 2.16. The Labute approximate surface area is 85.0 Å². The van der Waals surface area contributed by atoms with Crippen molar-refractivity contribution in [3.63, 3.8) is 0 Å². The third-order valence-corrected chi connectivity index (χ3v) is 3.29. The summed E-state index contributed by atoms with van der Waals surface area (Å²) in [4.78, 5) is 4.26. The van der Waals surface area contributed by atoms with Gasteiger partial charge < -0.3 is 5.32 Å². The van der Waals surface area contributed by atoms with Crippen LogP contribution in [0.1, 0.15) is 12.1 Å². The standard InChI is InChI=1S/C8H14N2OS2/c1-7-6-12-8(10-7)9-4-3-5-13(2)11/h6H,3-5H2,1-2H3,(H,9,10). The number of aromatic nitrogens is 1. The molecule has 0 radical (unpaired) electrons. The molecule has 1 aromatic heterocycles. The first-order valence-electron chi connectivity index (χ1n) is 4.14. The first-order chi connectivity index (χ1) is 6.18. The first kappa shape index (κ1) is 10.7. The first-order valence-corrected chi connectivity index (χ1v) is 6.75. The van der Waals surface area contributed by atoms with E-state index in [2.05, 4.69) is 10.3 Å². The molecule has 0 aliphatic carbocycles. The Morgan fingerprint density at radius 3 is 3.00 bits per heavy atom. The number of hydrogen-bond acceptors (Lipinski definition) is 4. The molecule has 0 aromatic carbocycles. The van der Waals surface area contributed by atoms with Gasteiger partial charge in [0.05, 0.1) is 5.69 Å². The number of thiazole rings is 1. The number of rotatable bonds is 5. The molecule has 0 spiro atoms. The minimum atomic E-state index is -0.675. The van der Waals surface area contributed by atoms with E-state index in [-0.39, 0.29) is 0 Å². The van der Waals surface area contributed by atoms with E-state index >= 15 is 0 Å². The summed E-state index contributed by atoms with van der Waals surface area (Å²) < 4.78 is 10.7. The average Bonchev–Trinajstić information content (AvgIpc) is 2.45. The Morgan fingerprint density at radius 1 is 1.69 bits per heavy atom. The van der Waals surface area contributed by atoms with Crippen molar-refractivity contribution in [1.29, 1.82) is 0 Å². The monoisotopic (exact) mass is 218 g/mol. The zero-order valence-electron chi connectivity index (χ0n) is 7.87. The summed E-state index contributed by atoms with van der Waals surface area (Å²) in [6, 6.07) is 0. The maximum absolute atomic E-state index is 10.7. The van der Waals surface area contributed by atoms with Gasteiger partial charge in [0.1, 0.15) is 0 Å². The van der Waals surface area contributed by atoms with Crippen LogP contribution in [-0.2, 0) is 10.8 Å². The summed E-state index contributed by atoms with van der Waals surface area (Å²) in [7, 11) is -0.675. The van der Waals surface area contributed by atoms with Crippen LogP contribution in [0.5, 0.6) is 0 Å². The Kier molecular flexibility index (Phi) is 4.38. The number of nitrogens with one attached hydrogen (secondary N) is 1. The fourth-order valence-corrected chi connectivity index (χ4v) is 2.17. The van der Waals surface area contributed by atoms with Crippen molar-refractivity contribution in [2.24, 2.45) is 0 Å². The molecule has 0 bridgehead atoms. The van der Waals surface area contributed by atoms with Gasteiger partial charge in [-0.25, -0.2) is 4.98 Å². The molecule has 1 rings (SSSR count). The third kappa shape index (κ3) is 4.38. The summed E-state index contributed by atoms with van der Waals surface area (Å²) in [5.41, 5.74) is 1.05. The number of hydrogen-bond donors (Lipinski definition) is 1. The lowest BCUT2D eigenvalue weighted by Gasteiger charge is -2.00. The van der Waals surface area contributed by atoms with E-state index in [0.717, 1.165) is 29.5 Å². The van der Waals surface area contributed by atoms with E-state index < -0.39 is 10.8 Å². The molecule has 0 saturated heterocycles. The van der Waals surface area contributed by atoms with Gasteiger partial charge in [-0.3, -0.25) is 4.21 Å². The number of nitrogens with zero attached hydrogens (tertiary/aromatic N) is 1. The van der Waals surface area contributed by atoms with E-state index in [9.17, 15) is 4.21 Å². The highest BCUT2D eigenvalue weighted by Gasteiger charge is 1.96. The van der Waals surface area contributed by atoms with Crippen LogP contribution in [0.25, 0.3) is 0 Å². The largest absolute Gasteiger partial charge is 0.361 e. The predicted octanol–water partition coefficient (Wildman–Crippen LogP) is 1.63. The molecule has 1 unspecified atom stereocenters. The minimum Gasteiger partial charge on any atom is -0.361 e. The van der Waals surface area contributed by atoms with Crippen LogP contribution in [0.2, 0.25) is 0 Å². The SMILES string of the molecule is Cc1csc(NCCCS(C)=O)n1. The van der Waals surface area contributed by atoms with E-state index in [1.807, 2.05) is 12.3 Å². The van der Waals surface area contributed by atoms with Gasteiger partial charge in [-0.2, -0.15) is 0 Å². The van der Waals surface area contributed by atoms with Gasteiger partial charge in [0.2, 0.25) is 0 Å². The second-order valence-electron chi connectivity index (χ2n) is 2.85. The lowest BCUT2D eigenvalue weighted by atomic mass is 10.5. The predicted molar refractivity (Wildman–Crippen MR) is 58.9 cm³/mol. The summed E-state index contributed by atoms with van der Waals surface area (Å²) in [6.45, 7) is 2.83.